The topological polar surface area (TPSA) is 45.0 Å². The first-order chi connectivity index (χ1) is 8.16. The first-order valence-electron chi connectivity index (χ1n) is 6.97. The lowest BCUT2D eigenvalue weighted by atomic mass is 9.86. The second-order valence-electron chi connectivity index (χ2n) is 5.80. The van der Waals surface area contributed by atoms with Crippen molar-refractivity contribution in [2.45, 2.75) is 70.1 Å². The normalized spacial score (nSPS) is 32.9. The van der Waals surface area contributed by atoms with Crippen LogP contribution in [0.3, 0.4) is 0 Å². The van der Waals surface area contributed by atoms with Crippen LogP contribution >= 0.6 is 0 Å². The summed E-state index contributed by atoms with van der Waals surface area (Å²) < 4.78 is 5.63. The Bertz CT molecular complexity index is 293. The zero-order valence-electron chi connectivity index (χ0n) is 11.0. The first-order valence-corrected chi connectivity index (χ1v) is 6.97. The predicted octanol–water partition coefficient (Wildman–Crippen LogP) is 2.62. The second kappa shape index (κ2) is 5.37. The van der Waals surface area contributed by atoms with Crippen molar-refractivity contribution in [3.05, 3.63) is 0 Å². The van der Waals surface area contributed by atoms with E-state index in [0.717, 1.165) is 19.4 Å². The highest BCUT2D eigenvalue weighted by Crippen LogP contribution is 2.40. The third-order valence-electron chi connectivity index (χ3n) is 3.98. The molecule has 3 heteroatoms. The minimum Gasteiger partial charge on any atom is -0.379 e. The number of nitrogens with one attached hydrogen (secondary N) is 1. The van der Waals surface area contributed by atoms with E-state index < -0.39 is 0 Å². The standard InChI is InChI=1S/C14H24N2O/c1-11(2)17-9-7-12-4-3-8-14(12,10-15)16-13-5-6-13/h11-13,16H,3-9H2,1-2H3. The molecule has 96 valence electrons. The molecule has 17 heavy (non-hydrogen) atoms. The van der Waals surface area contributed by atoms with Gasteiger partial charge in [-0.3, -0.25) is 5.32 Å². The molecule has 2 fully saturated rings. The van der Waals surface area contributed by atoms with Gasteiger partial charge in [-0.1, -0.05) is 6.42 Å². The van der Waals surface area contributed by atoms with Crippen molar-refractivity contribution in [1.29, 1.82) is 5.26 Å². The average molecular weight is 236 g/mol. The van der Waals surface area contributed by atoms with Crippen LogP contribution < -0.4 is 5.32 Å². The highest BCUT2D eigenvalue weighted by atomic mass is 16.5. The van der Waals surface area contributed by atoms with E-state index in [1.54, 1.807) is 0 Å². The number of rotatable bonds is 6. The molecular formula is C14H24N2O. The van der Waals surface area contributed by atoms with Gasteiger partial charge < -0.3 is 4.74 Å². The maximum Gasteiger partial charge on any atom is 0.109 e. The molecule has 1 N–H and O–H groups in total. The number of nitriles is 1. The summed E-state index contributed by atoms with van der Waals surface area (Å²) in [5.74, 6) is 0.479. The van der Waals surface area contributed by atoms with Gasteiger partial charge in [0, 0.05) is 12.6 Å². The van der Waals surface area contributed by atoms with E-state index >= 15 is 0 Å². The number of hydrogen-bond acceptors (Lipinski definition) is 3. The van der Waals surface area contributed by atoms with Crippen LogP contribution in [0, 0.1) is 17.2 Å². The molecule has 0 aromatic heterocycles. The lowest BCUT2D eigenvalue weighted by Gasteiger charge is -2.30. The Morgan fingerprint density at radius 3 is 2.76 bits per heavy atom. The van der Waals surface area contributed by atoms with Crippen molar-refractivity contribution in [2.75, 3.05) is 6.61 Å². The monoisotopic (exact) mass is 236 g/mol. The first kappa shape index (κ1) is 12.9. The highest BCUT2D eigenvalue weighted by molar-refractivity contribution is 5.16. The van der Waals surface area contributed by atoms with Crippen LogP contribution in [0.25, 0.3) is 0 Å². The van der Waals surface area contributed by atoms with Gasteiger partial charge in [-0.05, 0) is 51.9 Å². The Kier molecular flexibility index (Phi) is 4.06. The van der Waals surface area contributed by atoms with Gasteiger partial charge in [-0.25, -0.2) is 0 Å². The lowest BCUT2D eigenvalue weighted by molar-refractivity contribution is 0.0632. The SMILES string of the molecule is CC(C)OCCC1CCCC1(C#N)NC1CC1. The zero-order chi connectivity index (χ0) is 12.3. The Labute approximate surface area is 105 Å². The summed E-state index contributed by atoms with van der Waals surface area (Å²) in [5, 5.41) is 13.1. The van der Waals surface area contributed by atoms with Crippen molar-refractivity contribution in [3.63, 3.8) is 0 Å². The Morgan fingerprint density at radius 2 is 2.18 bits per heavy atom. The smallest absolute Gasteiger partial charge is 0.109 e. The third kappa shape index (κ3) is 3.20. The van der Waals surface area contributed by atoms with Gasteiger partial charge in [0.25, 0.3) is 0 Å². The molecule has 2 unspecified atom stereocenters. The fourth-order valence-electron chi connectivity index (χ4n) is 2.88. The van der Waals surface area contributed by atoms with E-state index in [1.165, 1.54) is 25.7 Å². The van der Waals surface area contributed by atoms with Gasteiger partial charge in [0.2, 0.25) is 0 Å². The average Bonchev–Trinajstić information content (AvgIpc) is 3.00. The number of ether oxygens (including phenoxy) is 1. The molecule has 2 aliphatic rings. The van der Waals surface area contributed by atoms with Crippen LogP contribution in [0.2, 0.25) is 0 Å². The molecule has 2 aliphatic carbocycles. The van der Waals surface area contributed by atoms with Crippen molar-refractivity contribution < 1.29 is 4.74 Å². The van der Waals surface area contributed by atoms with E-state index in [9.17, 15) is 5.26 Å². The summed E-state index contributed by atoms with van der Waals surface area (Å²) in [7, 11) is 0. The molecule has 0 spiro atoms. The molecule has 3 nitrogen and oxygen atoms in total. The molecule has 0 aliphatic heterocycles. The van der Waals surface area contributed by atoms with Crippen LogP contribution in [0.15, 0.2) is 0 Å². The van der Waals surface area contributed by atoms with Gasteiger partial charge in [0.05, 0.1) is 12.2 Å². The molecule has 2 atom stereocenters. The van der Waals surface area contributed by atoms with E-state index in [2.05, 4.69) is 25.2 Å². The van der Waals surface area contributed by atoms with Gasteiger partial charge in [0.1, 0.15) is 5.54 Å². The van der Waals surface area contributed by atoms with Crippen molar-refractivity contribution >= 4 is 0 Å². The van der Waals surface area contributed by atoms with Crippen molar-refractivity contribution in [1.82, 2.24) is 5.32 Å². The summed E-state index contributed by atoms with van der Waals surface area (Å²) in [4.78, 5) is 0. The molecule has 0 radical (unpaired) electrons. The summed E-state index contributed by atoms with van der Waals surface area (Å²) in [5.41, 5.74) is -0.249. The van der Waals surface area contributed by atoms with Crippen LogP contribution in [0.4, 0.5) is 0 Å². The number of hydrogen-bond donors (Lipinski definition) is 1. The lowest BCUT2D eigenvalue weighted by Crippen LogP contribution is -2.48. The molecule has 0 bridgehead atoms. The van der Waals surface area contributed by atoms with Crippen LogP contribution in [0.5, 0.6) is 0 Å². The quantitative estimate of drug-likeness (QED) is 0.771. The summed E-state index contributed by atoms with van der Waals surface area (Å²) in [6.45, 7) is 4.92. The van der Waals surface area contributed by atoms with E-state index in [0.29, 0.717) is 18.1 Å². The summed E-state index contributed by atoms with van der Waals surface area (Å²) in [6.07, 6.45) is 7.19. The van der Waals surface area contributed by atoms with E-state index in [-0.39, 0.29) is 5.54 Å². The fraction of sp³-hybridized carbons (Fsp3) is 0.929. The molecule has 0 aromatic carbocycles. The predicted molar refractivity (Wildman–Crippen MR) is 67.5 cm³/mol. The fourth-order valence-corrected chi connectivity index (χ4v) is 2.88. The molecule has 0 amide bonds. The van der Waals surface area contributed by atoms with Gasteiger partial charge in [-0.15, -0.1) is 0 Å². The largest absolute Gasteiger partial charge is 0.379 e. The van der Waals surface area contributed by atoms with Crippen LogP contribution in [-0.4, -0.2) is 24.3 Å². The Balaban J connectivity index is 1.87. The van der Waals surface area contributed by atoms with Gasteiger partial charge >= 0.3 is 0 Å². The molecule has 2 saturated carbocycles. The highest BCUT2D eigenvalue weighted by Gasteiger charge is 2.45. The van der Waals surface area contributed by atoms with Crippen LogP contribution in [0.1, 0.15) is 52.4 Å². The van der Waals surface area contributed by atoms with E-state index in [4.69, 9.17) is 4.74 Å². The summed E-state index contributed by atoms with van der Waals surface area (Å²) in [6, 6.07) is 3.18. The zero-order valence-corrected chi connectivity index (χ0v) is 11.0. The van der Waals surface area contributed by atoms with Crippen molar-refractivity contribution in [2.24, 2.45) is 5.92 Å². The van der Waals surface area contributed by atoms with Gasteiger partial charge in [-0.2, -0.15) is 5.26 Å². The Morgan fingerprint density at radius 1 is 1.41 bits per heavy atom. The van der Waals surface area contributed by atoms with Gasteiger partial charge in [0.15, 0.2) is 0 Å². The molecule has 2 rings (SSSR count). The maximum absolute atomic E-state index is 9.52. The maximum atomic E-state index is 9.52. The third-order valence-corrected chi connectivity index (χ3v) is 3.98. The molecular weight excluding hydrogens is 212 g/mol. The molecule has 0 heterocycles. The minimum absolute atomic E-state index is 0.249. The van der Waals surface area contributed by atoms with Crippen molar-refractivity contribution in [3.8, 4) is 6.07 Å². The summed E-state index contributed by atoms with van der Waals surface area (Å²) >= 11 is 0. The molecule has 0 aromatic rings. The minimum atomic E-state index is -0.249. The Hall–Kier alpha value is -0.590. The number of nitrogens with zero attached hydrogens (tertiary/aromatic N) is 1. The second-order valence-corrected chi connectivity index (χ2v) is 5.80. The molecule has 0 saturated heterocycles. The van der Waals surface area contributed by atoms with E-state index in [1.807, 2.05) is 0 Å². The van der Waals surface area contributed by atoms with Crippen LogP contribution in [-0.2, 0) is 4.74 Å².